The van der Waals surface area contributed by atoms with E-state index in [2.05, 4.69) is 5.32 Å². The van der Waals surface area contributed by atoms with Crippen LogP contribution in [-0.4, -0.2) is 37.0 Å². The normalized spacial score (nSPS) is 15.3. The summed E-state index contributed by atoms with van der Waals surface area (Å²) in [6.45, 7) is 1.60. The molecular weight excluding hydrogens is 335 g/mol. The second-order valence-electron chi connectivity index (χ2n) is 5.53. The van der Waals surface area contributed by atoms with E-state index in [1.54, 1.807) is 12.1 Å². The van der Waals surface area contributed by atoms with Crippen LogP contribution in [0, 0.1) is 5.82 Å². The van der Waals surface area contributed by atoms with Gasteiger partial charge in [-0.05, 0) is 49.7 Å². The third-order valence-electron chi connectivity index (χ3n) is 4.14. The Morgan fingerprint density at radius 1 is 1.17 bits per heavy atom. The van der Waals surface area contributed by atoms with Crippen molar-refractivity contribution in [3.63, 3.8) is 0 Å². The molecule has 1 aromatic heterocycles. The number of piperidine rings is 1. The summed E-state index contributed by atoms with van der Waals surface area (Å²) in [6, 6.07) is 10.7. The van der Waals surface area contributed by atoms with Crippen LogP contribution in [0.3, 0.4) is 0 Å². The molecule has 0 unspecified atom stereocenters. The van der Waals surface area contributed by atoms with E-state index in [0.29, 0.717) is 6.04 Å². The quantitative estimate of drug-likeness (QED) is 0.909. The van der Waals surface area contributed by atoms with E-state index in [0.717, 1.165) is 41.2 Å². The molecule has 1 aliphatic rings. The molecule has 6 heteroatoms. The van der Waals surface area contributed by atoms with Crippen LogP contribution in [0.4, 0.5) is 4.39 Å². The smallest absolute Gasteiger partial charge is 0.263 e. The van der Waals surface area contributed by atoms with Gasteiger partial charge in [0.05, 0.1) is 4.88 Å². The minimum absolute atomic E-state index is 0. The first-order valence-electron chi connectivity index (χ1n) is 7.49. The monoisotopic (exact) mass is 354 g/mol. The van der Waals surface area contributed by atoms with Gasteiger partial charge in [0.25, 0.3) is 5.91 Å². The highest BCUT2D eigenvalue weighted by Gasteiger charge is 2.23. The molecule has 0 aliphatic carbocycles. The molecule has 3 rings (SSSR count). The number of carbonyl (C=O) groups is 1. The predicted molar refractivity (Wildman–Crippen MR) is 94.9 cm³/mol. The van der Waals surface area contributed by atoms with Gasteiger partial charge in [0, 0.05) is 24.0 Å². The fourth-order valence-corrected chi connectivity index (χ4v) is 3.73. The number of likely N-dealkylation sites (tertiary alicyclic amines) is 1. The first-order chi connectivity index (χ1) is 10.7. The average Bonchev–Trinajstić information content (AvgIpc) is 3.05. The zero-order valence-corrected chi connectivity index (χ0v) is 14.6. The second kappa shape index (κ2) is 7.90. The van der Waals surface area contributed by atoms with Gasteiger partial charge in [-0.1, -0.05) is 12.1 Å². The number of thiophene rings is 1. The summed E-state index contributed by atoms with van der Waals surface area (Å²) in [5.74, 6) is -0.142. The number of benzene rings is 1. The lowest BCUT2D eigenvalue weighted by Gasteiger charge is -2.31. The molecule has 23 heavy (non-hydrogen) atoms. The molecule has 0 radical (unpaired) electrons. The van der Waals surface area contributed by atoms with Crippen molar-refractivity contribution in [1.29, 1.82) is 0 Å². The maximum Gasteiger partial charge on any atom is 0.263 e. The summed E-state index contributed by atoms with van der Waals surface area (Å²) in [4.78, 5) is 16.2. The average molecular weight is 355 g/mol. The molecule has 0 spiro atoms. The summed E-state index contributed by atoms with van der Waals surface area (Å²) in [5, 5.41) is 3.27. The number of nitrogens with one attached hydrogen (secondary N) is 1. The lowest BCUT2D eigenvalue weighted by atomic mass is 10.1. The fourth-order valence-electron chi connectivity index (χ4n) is 2.75. The lowest BCUT2D eigenvalue weighted by molar-refractivity contribution is 0.0712. The number of hydrogen-bond donors (Lipinski definition) is 1. The predicted octanol–water partition coefficient (Wildman–Crippen LogP) is 3.80. The summed E-state index contributed by atoms with van der Waals surface area (Å²) >= 11 is 1.47. The summed E-state index contributed by atoms with van der Waals surface area (Å²) in [5.41, 5.74) is 0.944. The molecule has 1 amide bonds. The molecule has 1 saturated heterocycles. The Bertz CT molecular complexity index is 651. The van der Waals surface area contributed by atoms with Crippen LogP contribution >= 0.6 is 23.7 Å². The van der Waals surface area contributed by atoms with Crippen molar-refractivity contribution in [2.75, 3.05) is 20.1 Å². The van der Waals surface area contributed by atoms with Gasteiger partial charge in [-0.3, -0.25) is 4.79 Å². The van der Waals surface area contributed by atoms with Crippen molar-refractivity contribution in [1.82, 2.24) is 10.2 Å². The van der Waals surface area contributed by atoms with Gasteiger partial charge < -0.3 is 10.2 Å². The van der Waals surface area contributed by atoms with Gasteiger partial charge in [0.1, 0.15) is 5.82 Å². The lowest BCUT2D eigenvalue weighted by Crippen LogP contribution is -2.43. The molecule has 2 heterocycles. The third-order valence-corrected chi connectivity index (χ3v) is 5.26. The number of halogens is 2. The van der Waals surface area contributed by atoms with E-state index in [9.17, 15) is 9.18 Å². The van der Waals surface area contributed by atoms with Gasteiger partial charge in [0.2, 0.25) is 0 Å². The van der Waals surface area contributed by atoms with Crippen LogP contribution in [0.1, 0.15) is 22.5 Å². The largest absolute Gasteiger partial charge is 0.338 e. The summed E-state index contributed by atoms with van der Waals surface area (Å²) < 4.78 is 13.0. The van der Waals surface area contributed by atoms with Crippen molar-refractivity contribution in [3.05, 3.63) is 47.1 Å². The maximum atomic E-state index is 13.0. The Hall–Kier alpha value is -1.43. The first-order valence-corrected chi connectivity index (χ1v) is 8.31. The minimum Gasteiger partial charge on any atom is -0.338 e. The fraction of sp³-hybridized carbons (Fsp3) is 0.353. The van der Waals surface area contributed by atoms with Gasteiger partial charge in [-0.25, -0.2) is 4.39 Å². The Kier molecular flexibility index (Phi) is 6.16. The van der Waals surface area contributed by atoms with Crippen LogP contribution in [0.15, 0.2) is 36.4 Å². The van der Waals surface area contributed by atoms with Crippen LogP contribution in [0.2, 0.25) is 0 Å². The van der Waals surface area contributed by atoms with Crippen LogP contribution in [-0.2, 0) is 0 Å². The number of nitrogens with zero attached hydrogens (tertiary/aromatic N) is 1. The Morgan fingerprint density at radius 2 is 1.83 bits per heavy atom. The molecule has 0 atom stereocenters. The highest BCUT2D eigenvalue weighted by Crippen LogP contribution is 2.29. The highest BCUT2D eigenvalue weighted by molar-refractivity contribution is 7.17. The number of rotatable bonds is 3. The van der Waals surface area contributed by atoms with Gasteiger partial charge >= 0.3 is 0 Å². The second-order valence-corrected chi connectivity index (χ2v) is 6.61. The molecule has 0 saturated carbocycles. The van der Waals surface area contributed by atoms with Crippen LogP contribution < -0.4 is 5.32 Å². The van der Waals surface area contributed by atoms with Gasteiger partial charge in [-0.2, -0.15) is 0 Å². The summed E-state index contributed by atoms with van der Waals surface area (Å²) in [6.07, 6.45) is 2.00. The molecule has 1 N–H and O–H groups in total. The number of amides is 1. The molecule has 2 aromatic rings. The molecule has 3 nitrogen and oxygen atoms in total. The van der Waals surface area contributed by atoms with E-state index in [1.807, 2.05) is 24.1 Å². The van der Waals surface area contributed by atoms with Crippen LogP contribution in [0.5, 0.6) is 0 Å². The van der Waals surface area contributed by atoms with Gasteiger partial charge in [0.15, 0.2) is 0 Å². The van der Waals surface area contributed by atoms with Crippen molar-refractivity contribution in [3.8, 4) is 10.4 Å². The standard InChI is InChI=1S/C17H19FN2OS.ClH/c1-19-14-8-10-20(11-9-14)17(21)16-7-6-15(22-16)12-2-4-13(18)5-3-12;/h2-7,14,19H,8-11H2,1H3;1H. The molecular formula is C17H20ClFN2OS. The molecule has 1 aliphatic heterocycles. The zero-order chi connectivity index (χ0) is 15.5. The molecule has 1 aromatic carbocycles. The van der Waals surface area contributed by atoms with Gasteiger partial charge in [-0.15, -0.1) is 23.7 Å². The van der Waals surface area contributed by atoms with Crippen molar-refractivity contribution in [2.24, 2.45) is 0 Å². The Labute approximate surface area is 145 Å². The third kappa shape index (κ3) is 4.10. The van der Waals surface area contributed by atoms with E-state index in [-0.39, 0.29) is 24.1 Å². The molecule has 0 bridgehead atoms. The van der Waals surface area contributed by atoms with Crippen molar-refractivity contribution >= 4 is 29.7 Å². The minimum atomic E-state index is -0.246. The molecule has 124 valence electrons. The topological polar surface area (TPSA) is 32.3 Å². The molecule has 1 fully saturated rings. The van der Waals surface area contributed by atoms with E-state index >= 15 is 0 Å². The SMILES string of the molecule is CNC1CCN(C(=O)c2ccc(-c3ccc(F)cc3)s2)CC1.Cl. The first kappa shape index (κ1) is 17.9. The van der Waals surface area contributed by atoms with E-state index < -0.39 is 0 Å². The van der Waals surface area contributed by atoms with Crippen molar-refractivity contribution in [2.45, 2.75) is 18.9 Å². The number of hydrogen-bond acceptors (Lipinski definition) is 3. The Balaban J connectivity index is 0.00000192. The highest BCUT2D eigenvalue weighted by atomic mass is 35.5. The zero-order valence-electron chi connectivity index (χ0n) is 12.9. The number of carbonyl (C=O) groups excluding carboxylic acids is 1. The van der Waals surface area contributed by atoms with E-state index in [1.165, 1.54) is 23.5 Å². The summed E-state index contributed by atoms with van der Waals surface area (Å²) in [7, 11) is 1.97. The Morgan fingerprint density at radius 3 is 2.43 bits per heavy atom. The van der Waals surface area contributed by atoms with Crippen LogP contribution in [0.25, 0.3) is 10.4 Å². The van der Waals surface area contributed by atoms with Crippen molar-refractivity contribution < 1.29 is 9.18 Å². The maximum absolute atomic E-state index is 13.0. The van der Waals surface area contributed by atoms with E-state index in [4.69, 9.17) is 0 Å².